The van der Waals surface area contributed by atoms with Gasteiger partial charge in [0, 0.05) is 23.4 Å². The Morgan fingerprint density at radius 1 is 1.08 bits per heavy atom. The van der Waals surface area contributed by atoms with Crippen molar-refractivity contribution >= 4 is 28.5 Å². The monoisotopic (exact) mass is 363 g/mol. The number of rotatable bonds is 5. The van der Waals surface area contributed by atoms with E-state index in [0.29, 0.717) is 16.9 Å². The standard InChI is InChI=1S/C18H13N5O2S/c24-23(25)14-8-4-7-13(9-14)16-15-17(22-21-16)19-11-20-18(15)26-10-12-5-2-1-3-6-12/h1-9,11H,10H2,(H,19,20,21,22). The lowest BCUT2D eigenvalue weighted by Gasteiger charge is -2.04. The number of hydrogen-bond donors (Lipinski definition) is 1. The van der Waals surface area contributed by atoms with E-state index in [4.69, 9.17) is 0 Å². The molecule has 128 valence electrons. The third-order valence-corrected chi connectivity index (χ3v) is 4.94. The number of nitrogens with one attached hydrogen (secondary N) is 1. The third kappa shape index (κ3) is 3.14. The van der Waals surface area contributed by atoms with E-state index in [9.17, 15) is 10.1 Å². The topological polar surface area (TPSA) is 97.6 Å². The summed E-state index contributed by atoms with van der Waals surface area (Å²) in [5.41, 5.74) is 3.11. The predicted molar refractivity (Wildman–Crippen MR) is 99.8 cm³/mol. The lowest BCUT2D eigenvalue weighted by atomic mass is 10.1. The molecule has 0 amide bonds. The highest BCUT2D eigenvalue weighted by Crippen LogP contribution is 2.34. The first kappa shape index (κ1) is 16.2. The summed E-state index contributed by atoms with van der Waals surface area (Å²) < 4.78 is 0. The van der Waals surface area contributed by atoms with E-state index in [1.165, 1.54) is 24.0 Å². The molecular weight excluding hydrogens is 350 g/mol. The molecule has 1 N–H and O–H groups in total. The van der Waals surface area contributed by atoms with Crippen molar-refractivity contribution in [2.75, 3.05) is 0 Å². The van der Waals surface area contributed by atoms with Crippen molar-refractivity contribution in [3.63, 3.8) is 0 Å². The molecule has 0 saturated carbocycles. The van der Waals surface area contributed by atoms with Crippen LogP contribution < -0.4 is 0 Å². The number of H-pyrrole nitrogens is 1. The zero-order valence-electron chi connectivity index (χ0n) is 13.5. The summed E-state index contributed by atoms with van der Waals surface area (Å²) in [6, 6.07) is 16.5. The van der Waals surface area contributed by atoms with E-state index >= 15 is 0 Å². The van der Waals surface area contributed by atoms with Gasteiger partial charge in [-0.1, -0.05) is 42.5 Å². The van der Waals surface area contributed by atoms with E-state index in [2.05, 4.69) is 32.3 Å². The molecule has 26 heavy (non-hydrogen) atoms. The molecule has 2 aromatic carbocycles. The van der Waals surface area contributed by atoms with Gasteiger partial charge < -0.3 is 0 Å². The fourth-order valence-corrected chi connectivity index (χ4v) is 3.60. The smallest absolute Gasteiger partial charge is 0.270 e. The molecule has 7 nitrogen and oxygen atoms in total. The summed E-state index contributed by atoms with van der Waals surface area (Å²) in [5, 5.41) is 19.8. The number of nitro benzene ring substituents is 1. The maximum atomic E-state index is 11.1. The van der Waals surface area contributed by atoms with Gasteiger partial charge in [0.2, 0.25) is 0 Å². The lowest BCUT2D eigenvalue weighted by Crippen LogP contribution is -1.90. The molecule has 4 rings (SSSR count). The van der Waals surface area contributed by atoms with Gasteiger partial charge in [-0.15, -0.1) is 11.8 Å². The molecule has 0 saturated heterocycles. The minimum absolute atomic E-state index is 0.0283. The van der Waals surface area contributed by atoms with E-state index < -0.39 is 4.92 Å². The second kappa shape index (κ2) is 6.93. The largest absolute Gasteiger partial charge is 0.275 e. The molecule has 2 aromatic heterocycles. The number of nitro groups is 1. The van der Waals surface area contributed by atoms with Crippen LogP contribution in [0.3, 0.4) is 0 Å². The normalized spacial score (nSPS) is 10.9. The Kier molecular flexibility index (Phi) is 4.32. The summed E-state index contributed by atoms with van der Waals surface area (Å²) in [6.07, 6.45) is 1.48. The molecule has 8 heteroatoms. The first-order chi connectivity index (χ1) is 12.7. The van der Waals surface area contributed by atoms with Crippen molar-refractivity contribution in [2.45, 2.75) is 10.8 Å². The number of benzene rings is 2. The highest BCUT2D eigenvalue weighted by Gasteiger charge is 2.16. The van der Waals surface area contributed by atoms with E-state index in [0.717, 1.165) is 16.2 Å². The van der Waals surface area contributed by atoms with Crippen molar-refractivity contribution in [1.29, 1.82) is 0 Å². The fourth-order valence-electron chi connectivity index (χ4n) is 2.65. The molecule has 0 spiro atoms. The Morgan fingerprint density at radius 2 is 1.92 bits per heavy atom. The van der Waals surface area contributed by atoms with Gasteiger partial charge in [-0.2, -0.15) is 5.10 Å². The van der Waals surface area contributed by atoms with Crippen molar-refractivity contribution in [2.24, 2.45) is 0 Å². The summed E-state index contributed by atoms with van der Waals surface area (Å²) in [5.74, 6) is 0.756. The van der Waals surface area contributed by atoms with Crippen LogP contribution in [0.25, 0.3) is 22.3 Å². The minimum Gasteiger partial charge on any atom is -0.275 e. The molecule has 2 heterocycles. The van der Waals surface area contributed by atoms with Gasteiger partial charge in [0.05, 0.1) is 16.0 Å². The molecular formula is C18H13N5O2S. The number of aromatic amines is 1. The molecule has 4 aromatic rings. The van der Waals surface area contributed by atoms with Crippen LogP contribution in [-0.2, 0) is 5.75 Å². The molecule has 0 aliphatic rings. The highest BCUT2D eigenvalue weighted by atomic mass is 32.2. The average Bonchev–Trinajstić information content (AvgIpc) is 3.12. The Labute approximate surface area is 152 Å². The van der Waals surface area contributed by atoms with Crippen LogP contribution in [0.5, 0.6) is 0 Å². The van der Waals surface area contributed by atoms with Crippen LogP contribution in [-0.4, -0.2) is 25.1 Å². The molecule has 0 aliphatic carbocycles. The fraction of sp³-hybridized carbons (Fsp3) is 0.0556. The third-order valence-electron chi connectivity index (χ3n) is 3.88. The van der Waals surface area contributed by atoms with Crippen LogP contribution in [0.2, 0.25) is 0 Å². The van der Waals surface area contributed by atoms with Crippen LogP contribution in [0, 0.1) is 10.1 Å². The molecule has 0 bridgehead atoms. The van der Waals surface area contributed by atoms with Crippen molar-refractivity contribution < 1.29 is 4.92 Å². The van der Waals surface area contributed by atoms with Crippen molar-refractivity contribution in [3.8, 4) is 11.3 Å². The summed E-state index contributed by atoms with van der Waals surface area (Å²) in [7, 11) is 0. The molecule has 0 unspecified atom stereocenters. The van der Waals surface area contributed by atoms with Crippen LogP contribution in [0.4, 0.5) is 5.69 Å². The van der Waals surface area contributed by atoms with Crippen LogP contribution >= 0.6 is 11.8 Å². The van der Waals surface area contributed by atoms with Gasteiger partial charge in [-0.25, -0.2) is 9.97 Å². The average molecular weight is 363 g/mol. The maximum Gasteiger partial charge on any atom is 0.270 e. The summed E-state index contributed by atoms with van der Waals surface area (Å²) in [4.78, 5) is 19.2. The second-order valence-electron chi connectivity index (χ2n) is 5.56. The quantitative estimate of drug-likeness (QED) is 0.247. The number of nitrogens with zero attached hydrogens (tertiary/aromatic N) is 4. The SMILES string of the molecule is O=[N+]([O-])c1cccc(-c2[nH]nc3ncnc(SCc4ccccc4)c23)c1. The van der Waals surface area contributed by atoms with E-state index in [1.807, 2.05) is 18.2 Å². The highest BCUT2D eigenvalue weighted by molar-refractivity contribution is 7.98. The summed E-state index contributed by atoms with van der Waals surface area (Å²) >= 11 is 1.58. The van der Waals surface area contributed by atoms with Gasteiger partial charge in [-0.05, 0) is 5.56 Å². The van der Waals surface area contributed by atoms with Gasteiger partial charge in [0.15, 0.2) is 5.65 Å². The van der Waals surface area contributed by atoms with E-state index in [-0.39, 0.29) is 5.69 Å². The number of hydrogen-bond acceptors (Lipinski definition) is 6. The van der Waals surface area contributed by atoms with Gasteiger partial charge in [0.1, 0.15) is 11.4 Å². The first-order valence-corrected chi connectivity index (χ1v) is 8.81. The molecule has 0 atom stereocenters. The molecule has 0 aliphatic heterocycles. The number of thioether (sulfide) groups is 1. The Balaban J connectivity index is 1.75. The molecule has 0 radical (unpaired) electrons. The minimum atomic E-state index is -0.413. The Bertz CT molecular complexity index is 1080. The Morgan fingerprint density at radius 3 is 2.73 bits per heavy atom. The number of fused-ring (bicyclic) bond motifs is 1. The first-order valence-electron chi connectivity index (χ1n) is 7.83. The zero-order valence-corrected chi connectivity index (χ0v) is 14.3. The summed E-state index contributed by atoms with van der Waals surface area (Å²) in [6.45, 7) is 0. The van der Waals surface area contributed by atoms with Gasteiger partial charge in [-0.3, -0.25) is 15.2 Å². The van der Waals surface area contributed by atoms with Gasteiger partial charge >= 0.3 is 0 Å². The number of aromatic nitrogens is 4. The maximum absolute atomic E-state index is 11.1. The van der Waals surface area contributed by atoms with Crippen molar-refractivity contribution in [3.05, 3.63) is 76.6 Å². The number of non-ortho nitro benzene ring substituents is 1. The van der Waals surface area contributed by atoms with Gasteiger partial charge in [0.25, 0.3) is 5.69 Å². The second-order valence-corrected chi connectivity index (χ2v) is 6.52. The van der Waals surface area contributed by atoms with Crippen LogP contribution in [0.15, 0.2) is 66.0 Å². The molecule has 0 fully saturated rings. The Hall–Kier alpha value is -3.26. The predicted octanol–water partition coefficient (Wildman–Crippen LogP) is 4.22. The van der Waals surface area contributed by atoms with Crippen molar-refractivity contribution in [1.82, 2.24) is 20.2 Å². The van der Waals surface area contributed by atoms with Crippen LogP contribution in [0.1, 0.15) is 5.56 Å². The lowest BCUT2D eigenvalue weighted by molar-refractivity contribution is -0.384. The zero-order chi connectivity index (χ0) is 17.9. The van der Waals surface area contributed by atoms with E-state index in [1.54, 1.807) is 23.9 Å².